The molecule has 0 amide bonds. The molecule has 0 aliphatic rings. The summed E-state index contributed by atoms with van der Waals surface area (Å²) in [7, 11) is 0. The molecule has 0 atom stereocenters. The lowest BCUT2D eigenvalue weighted by Crippen LogP contribution is -2.12. The van der Waals surface area contributed by atoms with Crippen molar-refractivity contribution in [3.63, 3.8) is 0 Å². The summed E-state index contributed by atoms with van der Waals surface area (Å²) in [6.07, 6.45) is 1.09. The largest absolute Gasteiger partial charge is 0.394 e. The summed E-state index contributed by atoms with van der Waals surface area (Å²) < 4.78 is 6.91. The maximum absolute atomic E-state index is 8.62. The van der Waals surface area contributed by atoms with Crippen LogP contribution < -0.4 is 0 Å². The van der Waals surface area contributed by atoms with Crippen LogP contribution in [0.5, 0.6) is 0 Å². The van der Waals surface area contributed by atoms with Crippen LogP contribution in [0, 0.1) is 11.3 Å². The standard InChI is InChI=1S/C10H16N4O2/c1-2-10-9(3-4-11)12-13-14(10)5-7-16-8-6-15/h15H,2-3,5-8H2,1H3. The summed E-state index contributed by atoms with van der Waals surface area (Å²) in [6, 6.07) is 2.07. The van der Waals surface area contributed by atoms with E-state index in [0.29, 0.717) is 26.2 Å². The average Bonchev–Trinajstić information content (AvgIpc) is 2.67. The summed E-state index contributed by atoms with van der Waals surface area (Å²) in [5.74, 6) is 0. The average molecular weight is 224 g/mol. The van der Waals surface area contributed by atoms with Gasteiger partial charge in [0.15, 0.2) is 0 Å². The van der Waals surface area contributed by atoms with Crippen LogP contribution in [0.3, 0.4) is 0 Å². The van der Waals surface area contributed by atoms with Gasteiger partial charge in [0.25, 0.3) is 0 Å². The van der Waals surface area contributed by atoms with Gasteiger partial charge in [0.1, 0.15) is 0 Å². The van der Waals surface area contributed by atoms with Gasteiger partial charge in [-0.1, -0.05) is 12.1 Å². The zero-order chi connectivity index (χ0) is 11.8. The van der Waals surface area contributed by atoms with Gasteiger partial charge in [-0.15, -0.1) is 5.10 Å². The molecule has 0 radical (unpaired) electrons. The van der Waals surface area contributed by atoms with Gasteiger partial charge in [-0.3, -0.25) is 0 Å². The second-order valence-corrected chi connectivity index (χ2v) is 3.23. The van der Waals surface area contributed by atoms with E-state index in [1.807, 2.05) is 6.92 Å². The summed E-state index contributed by atoms with van der Waals surface area (Å²) in [5, 5.41) is 25.1. The van der Waals surface area contributed by atoms with Crippen LogP contribution in [-0.2, 0) is 24.1 Å². The summed E-state index contributed by atoms with van der Waals surface area (Å²) in [4.78, 5) is 0. The molecule has 6 heteroatoms. The highest BCUT2D eigenvalue weighted by molar-refractivity contribution is 5.14. The first-order chi connectivity index (χ1) is 7.83. The first-order valence-corrected chi connectivity index (χ1v) is 5.30. The number of rotatable bonds is 7. The first kappa shape index (κ1) is 12.6. The number of aliphatic hydroxyl groups is 1. The second kappa shape index (κ2) is 6.93. The second-order valence-electron chi connectivity index (χ2n) is 3.23. The number of nitriles is 1. The normalized spacial score (nSPS) is 10.3. The molecule has 0 saturated heterocycles. The Hall–Kier alpha value is -1.45. The molecule has 0 aromatic carbocycles. The number of aliphatic hydroxyl groups excluding tert-OH is 1. The third-order valence-electron chi connectivity index (χ3n) is 2.18. The molecule has 1 rings (SSSR count). The number of hydrogen-bond donors (Lipinski definition) is 1. The SMILES string of the molecule is CCc1c(CC#N)nnn1CCOCCO. The van der Waals surface area contributed by atoms with Gasteiger partial charge in [-0.05, 0) is 6.42 Å². The van der Waals surface area contributed by atoms with Crippen LogP contribution in [0.1, 0.15) is 18.3 Å². The smallest absolute Gasteiger partial charge is 0.0999 e. The van der Waals surface area contributed by atoms with E-state index in [1.54, 1.807) is 4.68 Å². The summed E-state index contributed by atoms with van der Waals surface area (Å²) in [5.41, 5.74) is 1.72. The molecule has 88 valence electrons. The summed E-state index contributed by atoms with van der Waals surface area (Å²) in [6.45, 7) is 3.45. The van der Waals surface area contributed by atoms with Crippen LogP contribution in [0.15, 0.2) is 0 Å². The molecule has 6 nitrogen and oxygen atoms in total. The molecule has 0 bridgehead atoms. The van der Waals surface area contributed by atoms with Crippen molar-refractivity contribution in [2.75, 3.05) is 19.8 Å². The quantitative estimate of drug-likeness (QED) is 0.655. The van der Waals surface area contributed by atoms with Gasteiger partial charge in [0, 0.05) is 0 Å². The molecule has 1 aromatic heterocycles. The highest BCUT2D eigenvalue weighted by Gasteiger charge is 2.10. The molecular weight excluding hydrogens is 208 g/mol. The van der Waals surface area contributed by atoms with Crippen molar-refractivity contribution in [1.29, 1.82) is 5.26 Å². The fraction of sp³-hybridized carbons (Fsp3) is 0.700. The van der Waals surface area contributed by atoms with Crippen molar-refractivity contribution in [2.24, 2.45) is 0 Å². The molecule has 1 heterocycles. The maximum Gasteiger partial charge on any atom is 0.0999 e. The van der Waals surface area contributed by atoms with E-state index in [0.717, 1.165) is 17.8 Å². The first-order valence-electron chi connectivity index (χ1n) is 5.30. The van der Waals surface area contributed by atoms with Crippen molar-refractivity contribution >= 4 is 0 Å². The lowest BCUT2D eigenvalue weighted by molar-refractivity contribution is 0.0847. The van der Waals surface area contributed by atoms with E-state index in [1.165, 1.54) is 0 Å². The van der Waals surface area contributed by atoms with Crippen LogP contribution in [0.2, 0.25) is 0 Å². The van der Waals surface area contributed by atoms with Crippen LogP contribution in [-0.4, -0.2) is 39.9 Å². The Bertz CT molecular complexity index is 356. The molecule has 1 N–H and O–H groups in total. The number of aromatic nitrogens is 3. The lowest BCUT2D eigenvalue weighted by atomic mass is 10.2. The van der Waals surface area contributed by atoms with Crippen LogP contribution in [0.25, 0.3) is 0 Å². The van der Waals surface area contributed by atoms with Gasteiger partial charge >= 0.3 is 0 Å². The van der Waals surface area contributed by atoms with E-state index in [9.17, 15) is 0 Å². The summed E-state index contributed by atoms with van der Waals surface area (Å²) >= 11 is 0. The third-order valence-corrected chi connectivity index (χ3v) is 2.18. The van der Waals surface area contributed by atoms with Gasteiger partial charge in [-0.2, -0.15) is 5.26 Å². The van der Waals surface area contributed by atoms with Gasteiger partial charge in [0.2, 0.25) is 0 Å². The zero-order valence-electron chi connectivity index (χ0n) is 9.39. The van der Waals surface area contributed by atoms with E-state index in [-0.39, 0.29) is 6.61 Å². The molecule has 0 fully saturated rings. The maximum atomic E-state index is 8.62. The zero-order valence-corrected chi connectivity index (χ0v) is 9.39. The number of hydrogen-bond acceptors (Lipinski definition) is 5. The Morgan fingerprint density at radius 3 is 2.94 bits per heavy atom. The molecule has 0 spiro atoms. The van der Waals surface area contributed by atoms with Crippen molar-refractivity contribution in [2.45, 2.75) is 26.3 Å². The van der Waals surface area contributed by atoms with E-state index in [2.05, 4.69) is 16.4 Å². The van der Waals surface area contributed by atoms with Crippen molar-refractivity contribution in [1.82, 2.24) is 15.0 Å². The third kappa shape index (κ3) is 3.29. The predicted octanol–water partition coefficient (Wildman–Crippen LogP) is -0.0845. The van der Waals surface area contributed by atoms with Crippen molar-refractivity contribution in [3.05, 3.63) is 11.4 Å². The minimum atomic E-state index is 0.0255. The Balaban J connectivity index is 2.55. The van der Waals surface area contributed by atoms with Crippen molar-refractivity contribution < 1.29 is 9.84 Å². The minimum Gasteiger partial charge on any atom is -0.394 e. The molecule has 0 unspecified atom stereocenters. The van der Waals surface area contributed by atoms with Gasteiger partial charge in [-0.25, -0.2) is 4.68 Å². The molecular formula is C10H16N4O2. The number of ether oxygens (including phenoxy) is 1. The molecule has 1 aromatic rings. The van der Waals surface area contributed by atoms with Gasteiger partial charge < -0.3 is 9.84 Å². The lowest BCUT2D eigenvalue weighted by Gasteiger charge is -2.05. The molecule has 0 aliphatic carbocycles. The molecule has 16 heavy (non-hydrogen) atoms. The van der Waals surface area contributed by atoms with E-state index < -0.39 is 0 Å². The van der Waals surface area contributed by atoms with E-state index in [4.69, 9.17) is 15.1 Å². The Labute approximate surface area is 94.4 Å². The Kier molecular flexibility index (Phi) is 5.46. The van der Waals surface area contributed by atoms with E-state index >= 15 is 0 Å². The molecule has 0 aliphatic heterocycles. The predicted molar refractivity (Wildman–Crippen MR) is 56.6 cm³/mol. The monoisotopic (exact) mass is 224 g/mol. The van der Waals surface area contributed by atoms with Crippen molar-refractivity contribution in [3.8, 4) is 6.07 Å². The Morgan fingerprint density at radius 1 is 1.50 bits per heavy atom. The Morgan fingerprint density at radius 2 is 2.31 bits per heavy atom. The van der Waals surface area contributed by atoms with Gasteiger partial charge in [0.05, 0.1) is 50.2 Å². The van der Waals surface area contributed by atoms with Crippen LogP contribution in [0.4, 0.5) is 0 Å². The molecule has 0 saturated carbocycles. The van der Waals surface area contributed by atoms with Crippen LogP contribution >= 0.6 is 0 Å². The fourth-order valence-corrected chi connectivity index (χ4v) is 1.46. The fourth-order valence-electron chi connectivity index (χ4n) is 1.46. The highest BCUT2D eigenvalue weighted by atomic mass is 16.5. The number of nitrogens with zero attached hydrogens (tertiary/aromatic N) is 4. The minimum absolute atomic E-state index is 0.0255. The highest BCUT2D eigenvalue weighted by Crippen LogP contribution is 2.06. The topological polar surface area (TPSA) is 84.0 Å².